The summed E-state index contributed by atoms with van der Waals surface area (Å²) < 4.78 is 12.9. The molecule has 0 unspecified atom stereocenters. The lowest BCUT2D eigenvalue weighted by atomic mass is 10.1. The minimum Gasteiger partial charge on any atom is -0.336 e. The topological polar surface area (TPSA) is 20.3 Å². The Balaban J connectivity index is 2.12. The summed E-state index contributed by atoms with van der Waals surface area (Å²) in [5.41, 5.74) is 0.564. The van der Waals surface area contributed by atoms with Crippen molar-refractivity contribution in [2.75, 3.05) is 18.8 Å². The Kier molecular flexibility index (Phi) is 3.43. The highest BCUT2D eigenvalue weighted by Gasteiger charge is 2.30. The van der Waals surface area contributed by atoms with E-state index in [1.807, 2.05) is 16.7 Å². The van der Waals surface area contributed by atoms with E-state index < -0.39 is 0 Å². The average molecular weight is 253 g/mol. The Bertz CT molecular complexity index is 416. The summed E-state index contributed by atoms with van der Waals surface area (Å²) in [6.45, 7) is 5.79. The molecule has 1 aliphatic heterocycles. The molecule has 1 aromatic rings. The van der Waals surface area contributed by atoms with E-state index in [0.717, 1.165) is 18.8 Å². The molecule has 0 radical (unpaired) electrons. The van der Waals surface area contributed by atoms with Gasteiger partial charge in [-0.3, -0.25) is 4.79 Å². The van der Waals surface area contributed by atoms with Crippen molar-refractivity contribution < 1.29 is 9.18 Å². The van der Waals surface area contributed by atoms with Gasteiger partial charge in [0, 0.05) is 29.2 Å². The molecule has 1 aliphatic rings. The van der Waals surface area contributed by atoms with Crippen LogP contribution in [0.1, 0.15) is 24.2 Å². The van der Waals surface area contributed by atoms with Crippen molar-refractivity contribution >= 4 is 17.7 Å². The van der Waals surface area contributed by atoms with E-state index in [1.165, 1.54) is 12.1 Å². The summed E-state index contributed by atoms with van der Waals surface area (Å²) in [5, 5.41) is 0. The molecule has 0 bridgehead atoms. The quantitative estimate of drug-likeness (QED) is 0.767. The molecule has 0 N–H and O–H groups in total. The second-order valence-electron chi connectivity index (χ2n) is 4.84. The number of hydrogen-bond donors (Lipinski definition) is 0. The van der Waals surface area contributed by atoms with Crippen LogP contribution >= 0.6 is 11.8 Å². The van der Waals surface area contributed by atoms with Crippen LogP contribution in [0, 0.1) is 5.82 Å². The predicted octanol–water partition coefficient (Wildman–Crippen LogP) is 2.79. The van der Waals surface area contributed by atoms with E-state index >= 15 is 0 Å². The van der Waals surface area contributed by atoms with Crippen LogP contribution in [-0.4, -0.2) is 34.4 Å². The minimum absolute atomic E-state index is 0.00150. The van der Waals surface area contributed by atoms with Gasteiger partial charge in [-0.2, -0.15) is 11.8 Å². The standard InChI is InChI=1S/C13H16FNOS/c1-13(2)9-15(7-8-17-13)12(16)10-3-5-11(14)6-4-10/h3-6H,7-9H2,1-2H3. The number of hydrogen-bond acceptors (Lipinski definition) is 2. The van der Waals surface area contributed by atoms with E-state index in [0.29, 0.717) is 5.56 Å². The molecule has 2 nitrogen and oxygen atoms in total. The van der Waals surface area contributed by atoms with Crippen LogP contribution in [0.3, 0.4) is 0 Å². The number of nitrogens with zero attached hydrogens (tertiary/aromatic N) is 1. The van der Waals surface area contributed by atoms with Crippen molar-refractivity contribution in [3.05, 3.63) is 35.6 Å². The van der Waals surface area contributed by atoms with Crippen LogP contribution in [0.25, 0.3) is 0 Å². The van der Waals surface area contributed by atoms with Crippen molar-refractivity contribution in [1.29, 1.82) is 0 Å². The first kappa shape index (κ1) is 12.4. The normalized spacial score (nSPS) is 19.1. The largest absolute Gasteiger partial charge is 0.336 e. The number of amides is 1. The van der Waals surface area contributed by atoms with Gasteiger partial charge in [0.1, 0.15) is 5.82 Å². The predicted molar refractivity (Wildman–Crippen MR) is 68.8 cm³/mol. The highest BCUT2D eigenvalue weighted by atomic mass is 32.2. The minimum atomic E-state index is -0.309. The van der Waals surface area contributed by atoms with E-state index in [9.17, 15) is 9.18 Å². The fourth-order valence-corrected chi connectivity index (χ4v) is 3.08. The number of carbonyl (C=O) groups excluding carboxylic acids is 1. The maximum atomic E-state index is 12.8. The van der Waals surface area contributed by atoms with Gasteiger partial charge in [0.25, 0.3) is 5.91 Å². The van der Waals surface area contributed by atoms with E-state index in [2.05, 4.69) is 13.8 Å². The second-order valence-corrected chi connectivity index (χ2v) is 6.64. The fourth-order valence-electron chi connectivity index (χ4n) is 1.96. The van der Waals surface area contributed by atoms with Gasteiger partial charge >= 0.3 is 0 Å². The molecule has 0 saturated carbocycles. The van der Waals surface area contributed by atoms with Gasteiger partial charge < -0.3 is 4.90 Å². The molecule has 17 heavy (non-hydrogen) atoms. The molecular formula is C13H16FNOS. The number of thioether (sulfide) groups is 1. The van der Waals surface area contributed by atoms with Gasteiger partial charge in [0.05, 0.1) is 0 Å². The van der Waals surface area contributed by atoms with Crippen molar-refractivity contribution in [3.8, 4) is 0 Å². The first-order valence-electron chi connectivity index (χ1n) is 5.67. The molecule has 0 spiro atoms. The fraction of sp³-hybridized carbons (Fsp3) is 0.462. The molecule has 4 heteroatoms. The average Bonchev–Trinajstić information content (AvgIpc) is 2.28. The molecule has 1 saturated heterocycles. The zero-order chi connectivity index (χ0) is 12.5. The van der Waals surface area contributed by atoms with Gasteiger partial charge in [-0.25, -0.2) is 4.39 Å². The molecule has 2 rings (SSSR count). The molecule has 92 valence electrons. The summed E-state index contributed by atoms with van der Waals surface area (Å²) in [6, 6.07) is 5.76. The first-order chi connectivity index (χ1) is 7.98. The lowest BCUT2D eigenvalue weighted by Crippen LogP contribution is -2.46. The first-order valence-corrected chi connectivity index (χ1v) is 6.65. The smallest absolute Gasteiger partial charge is 0.253 e. The van der Waals surface area contributed by atoms with E-state index in [4.69, 9.17) is 0 Å². The third kappa shape index (κ3) is 3.00. The SMILES string of the molecule is CC1(C)CN(C(=O)c2ccc(F)cc2)CCS1. The highest BCUT2D eigenvalue weighted by Crippen LogP contribution is 2.30. The van der Waals surface area contributed by atoms with Crippen LogP contribution in [0.5, 0.6) is 0 Å². The van der Waals surface area contributed by atoms with E-state index in [1.54, 1.807) is 12.1 Å². The molecule has 1 fully saturated rings. The summed E-state index contributed by atoms with van der Waals surface area (Å²) >= 11 is 1.89. The number of benzene rings is 1. The van der Waals surface area contributed by atoms with Gasteiger partial charge in [-0.1, -0.05) is 0 Å². The van der Waals surface area contributed by atoms with Gasteiger partial charge in [-0.05, 0) is 38.1 Å². The Morgan fingerprint density at radius 2 is 2.00 bits per heavy atom. The zero-order valence-corrected chi connectivity index (χ0v) is 10.9. The summed E-state index contributed by atoms with van der Waals surface area (Å²) in [4.78, 5) is 14.0. The molecule has 1 aromatic carbocycles. The summed E-state index contributed by atoms with van der Waals surface area (Å²) in [5.74, 6) is 0.648. The molecule has 1 amide bonds. The van der Waals surface area contributed by atoms with Crippen molar-refractivity contribution in [2.24, 2.45) is 0 Å². The third-order valence-corrected chi connectivity index (χ3v) is 4.10. The lowest BCUT2D eigenvalue weighted by molar-refractivity contribution is 0.0748. The van der Waals surface area contributed by atoms with Crippen LogP contribution in [0.15, 0.2) is 24.3 Å². The van der Waals surface area contributed by atoms with Crippen LogP contribution in [0.2, 0.25) is 0 Å². The maximum Gasteiger partial charge on any atom is 0.253 e. The number of carbonyl (C=O) groups is 1. The Hall–Kier alpha value is -1.03. The van der Waals surface area contributed by atoms with Gasteiger partial charge in [0.2, 0.25) is 0 Å². The Labute approximate surface area is 105 Å². The van der Waals surface area contributed by atoms with Crippen LogP contribution in [-0.2, 0) is 0 Å². The molecule has 0 aromatic heterocycles. The number of halogens is 1. The molecule has 0 aliphatic carbocycles. The monoisotopic (exact) mass is 253 g/mol. The number of rotatable bonds is 1. The van der Waals surface area contributed by atoms with Crippen LogP contribution < -0.4 is 0 Å². The summed E-state index contributed by atoms with van der Waals surface area (Å²) in [7, 11) is 0. The summed E-state index contributed by atoms with van der Waals surface area (Å²) in [6.07, 6.45) is 0. The third-order valence-electron chi connectivity index (χ3n) is 2.80. The van der Waals surface area contributed by atoms with Crippen molar-refractivity contribution in [3.63, 3.8) is 0 Å². The van der Waals surface area contributed by atoms with Gasteiger partial charge in [0.15, 0.2) is 0 Å². The second kappa shape index (κ2) is 4.69. The van der Waals surface area contributed by atoms with Crippen molar-refractivity contribution in [2.45, 2.75) is 18.6 Å². The molecular weight excluding hydrogens is 237 g/mol. The lowest BCUT2D eigenvalue weighted by Gasteiger charge is -2.37. The van der Waals surface area contributed by atoms with Crippen molar-refractivity contribution in [1.82, 2.24) is 4.90 Å². The Morgan fingerprint density at radius 1 is 1.35 bits per heavy atom. The van der Waals surface area contributed by atoms with Gasteiger partial charge in [-0.15, -0.1) is 0 Å². The highest BCUT2D eigenvalue weighted by molar-refractivity contribution is 8.00. The van der Waals surface area contributed by atoms with E-state index in [-0.39, 0.29) is 16.5 Å². The molecule has 1 heterocycles. The zero-order valence-electron chi connectivity index (χ0n) is 10.1. The Morgan fingerprint density at radius 3 is 2.59 bits per heavy atom. The van der Waals surface area contributed by atoms with Crippen LogP contribution in [0.4, 0.5) is 4.39 Å². The molecule has 0 atom stereocenters. The maximum absolute atomic E-state index is 12.8.